The van der Waals surface area contributed by atoms with E-state index in [1.807, 2.05) is 0 Å². The minimum atomic E-state index is -3.88. The van der Waals surface area contributed by atoms with Gasteiger partial charge in [-0.1, -0.05) is 0 Å². The molecule has 2 aromatic carbocycles. The van der Waals surface area contributed by atoms with Crippen LogP contribution >= 0.6 is 0 Å². The molecular weight excluding hydrogens is 347 g/mol. The van der Waals surface area contributed by atoms with Crippen LogP contribution in [0.5, 0.6) is 5.75 Å². The van der Waals surface area contributed by atoms with Crippen LogP contribution in [0, 0.1) is 12.7 Å². The van der Waals surface area contributed by atoms with Crippen LogP contribution in [0.3, 0.4) is 0 Å². The number of nitrogens with zero attached hydrogens (tertiary/aromatic N) is 1. The summed E-state index contributed by atoms with van der Waals surface area (Å²) in [5.41, 5.74) is 1.04. The summed E-state index contributed by atoms with van der Waals surface area (Å²) in [7, 11) is -3.88. The average Bonchev–Trinajstić information content (AvgIpc) is 2.56. The highest BCUT2D eigenvalue weighted by atomic mass is 32.2. The molecule has 1 aliphatic heterocycles. The average molecular weight is 364 g/mol. The van der Waals surface area contributed by atoms with Crippen molar-refractivity contribution in [1.29, 1.82) is 0 Å². The van der Waals surface area contributed by atoms with Gasteiger partial charge in [0.15, 0.2) is 0 Å². The van der Waals surface area contributed by atoms with Gasteiger partial charge in [0.05, 0.1) is 22.8 Å². The maximum atomic E-state index is 13.4. The maximum Gasteiger partial charge on any atom is 0.261 e. The van der Waals surface area contributed by atoms with Crippen molar-refractivity contribution in [2.75, 3.05) is 22.8 Å². The Hall–Kier alpha value is -2.61. The lowest BCUT2D eigenvalue weighted by Gasteiger charge is -2.29. The molecule has 0 saturated carbocycles. The first-order valence-corrected chi connectivity index (χ1v) is 9.10. The summed E-state index contributed by atoms with van der Waals surface area (Å²) in [5, 5.41) is 0. The number of carbonyl (C=O) groups is 1. The molecule has 0 atom stereocenters. The zero-order chi connectivity index (χ0) is 18.2. The van der Waals surface area contributed by atoms with Gasteiger partial charge in [0.25, 0.3) is 10.0 Å². The predicted molar refractivity (Wildman–Crippen MR) is 91.9 cm³/mol. The second-order valence-electron chi connectivity index (χ2n) is 5.72. The van der Waals surface area contributed by atoms with Crippen molar-refractivity contribution in [1.82, 2.24) is 0 Å². The number of fused-ring (bicyclic) bond motifs is 1. The fourth-order valence-electron chi connectivity index (χ4n) is 2.61. The molecule has 0 radical (unpaired) electrons. The lowest BCUT2D eigenvalue weighted by atomic mass is 10.2. The number of hydrogen-bond acceptors (Lipinski definition) is 4. The van der Waals surface area contributed by atoms with Gasteiger partial charge in [-0.2, -0.15) is 0 Å². The first kappa shape index (κ1) is 17.2. The van der Waals surface area contributed by atoms with Crippen LogP contribution in [-0.4, -0.2) is 27.5 Å². The number of benzene rings is 2. The van der Waals surface area contributed by atoms with Crippen molar-refractivity contribution in [3.63, 3.8) is 0 Å². The Morgan fingerprint density at radius 2 is 2.00 bits per heavy atom. The number of rotatable bonds is 3. The van der Waals surface area contributed by atoms with Gasteiger partial charge in [-0.25, -0.2) is 12.8 Å². The number of ether oxygens (including phenoxy) is 1. The number of halogens is 1. The first-order chi connectivity index (χ1) is 11.8. The number of amides is 1. The highest BCUT2D eigenvalue weighted by molar-refractivity contribution is 7.92. The molecule has 0 aromatic heterocycles. The van der Waals surface area contributed by atoms with E-state index >= 15 is 0 Å². The fraction of sp³-hybridized carbons (Fsp3) is 0.235. The molecule has 25 heavy (non-hydrogen) atoms. The normalized spacial score (nSPS) is 13.8. The molecule has 0 unspecified atom stereocenters. The van der Waals surface area contributed by atoms with E-state index in [2.05, 4.69) is 4.72 Å². The summed E-state index contributed by atoms with van der Waals surface area (Å²) < 4.78 is 46.3. The lowest BCUT2D eigenvalue weighted by molar-refractivity contribution is -0.116. The Morgan fingerprint density at radius 1 is 1.24 bits per heavy atom. The first-order valence-electron chi connectivity index (χ1n) is 7.62. The van der Waals surface area contributed by atoms with E-state index in [1.165, 1.54) is 30.9 Å². The molecule has 1 N–H and O–H groups in total. The summed E-state index contributed by atoms with van der Waals surface area (Å²) in [5.74, 6) is -0.109. The minimum Gasteiger partial charge on any atom is -0.490 e. The molecule has 0 spiro atoms. The highest BCUT2D eigenvalue weighted by Gasteiger charge is 2.23. The second kappa shape index (κ2) is 6.36. The van der Waals surface area contributed by atoms with Crippen molar-refractivity contribution in [3.8, 4) is 5.75 Å². The minimum absolute atomic E-state index is 0.0382. The predicted octanol–water partition coefficient (Wildman–Crippen LogP) is 2.68. The molecule has 0 saturated heterocycles. The van der Waals surface area contributed by atoms with E-state index < -0.39 is 15.8 Å². The smallest absolute Gasteiger partial charge is 0.261 e. The third-order valence-electron chi connectivity index (χ3n) is 3.89. The monoisotopic (exact) mass is 364 g/mol. The molecule has 0 aliphatic carbocycles. The summed E-state index contributed by atoms with van der Waals surface area (Å²) in [6.45, 7) is 3.71. The largest absolute Gasteiger partial charge is 0.490 e. The van der Waals surface area contributed by atoms with Gasteiger partial charge in [0.1, 0.15) is 18.2 Å². The Balaban J connectivity index is 1.94. The molecule has 1 heterocycles. The Kier molecular flexibility index (Phi) is 4.38. The third-order valence-corrected chi connectivity index (χ3v) is 5.27. The molecule has 1 aliphatic rings. The molecule has 1 amide bonds. The summed E-state index contributed by atoms with van der Waals surface area (Å²) in [4.78, 5) is 13.2. The number of nitrogens with one attached hydrogen (secondary N) is 1. The van der Waals surface area contributed by atoms with Crippen LogP contribution in [0.15, 0.2) is 41.3 Å². The molecule has 0 bridgehead atoms. The van der Waals surface area contributed by atoms with E-state index in [9.17, 15) is 17.6 Å². The number of anilines is 2. The number of carbonyl (C=O) groups excluding carboxylic acids is 1. The Bertz CT molecular complexity index is 944. The van der Waals surface area contributed by atoms with Gasteiger partial charge in [0.2, 0.25) is 5.91 Å². The van der Waals surface area contributed by atoms with Crippen LogP contribution in [0.1, 0.15) is 12.5 Å². The zero-order valence-electron chi connectivity index (χ0n) is 13.7. The molecule has 132 valence electrons. The Labute approximate surface area is 145 Å². The molecule has 8 heteroatoms. The van der Waals surface area contributed by atoms with E-state index in [0.29, 0.717) is 24.6 Å². The molecule has 0 fully saturated rings. The van der Waals surface area contributed by atoms with Crippen LogP contribution < -0.4 is 14.4 Å². The van der Waals surface area contributed by atoms with Gasteiger partial charge in [-0.05, 0) is 48.9 Å². The number of hydrogen-bond donors (Lipinski definition) is 1. The quantitative estimate of drug-likeness (QED) is 0.909. The molecular formula is C17H17FN2O4S. The summed E-state index contributed by atoms with van der Waals surface area (Å²) in [6.07, 6.45) is 0. The lowest BCUT2D eigenvalue weighted by Crippen LogP contribution is -2.36. The van der Waals surface area contributed by atoms with Gasteiger partial charge in [-0.3, -0.25) is 9.52 Å². The summed E-state index contributed by atoms with van der Waals surface area (Å²) >= 11 is 0. The van der Waals surface area contributed by atoms with E-state index in [-0.39, 0.29) is 22.1 Å². The van der Waals surface area contributed by atoms with Crippen LogP contribution in [0.25, 0.3) is 0 Å². The second-order valence-corrected chi connectivity index (χ2v) is 7.40. The number of aryl methyl sites for hydroxylation is 1. The standard InChI is InChI=1S/C17H17FN2O4S/c1-11-9-14(4-5-15(11)18)25(22,23)19-13-3-6-17-16(10-13)20(12(2)21)7-8-24-17/h3-6,9-10,19H,7-8H2,1-2H3. The summed E-state index contributed by atoms with van der Waals surface area (Å²) in [6, 6.07) is 8.29. The fourth-order valence-corrected chi connectivity index (χ4v) is 3.74. The van der Waals surface area contributed by atoms with Crippen molar-refractivity contribution in [2.45, 2.75) is 18.7 Å². The van der Waals surface area contributed by atoms with Crippen molar-refractivity contribution in [3.05, 3.63) is 47.8 Å². The van der Waals surface area contributed by atoms with Crippen molar-refractivity contribution >= 4 is 27.3 Å². The Morgan fingerprint density at radius 3 is 2.68 bits per heavy atom. The van der Waals surface area contributed by atoms with Crippen LogP contribution in [0.4, 0.5) is 15.8 Å². The van der Waals surface area contributed by atoms with Gasteiger partial charge >= 0.3 is 0 Å². The molecule has 6 nitrogen and oxygen atoms in total. The molecule has 2 aromatic rings. The molecule has 3 rings (SSSR count). The van der Waals surface area contributed by atoms with E-state index in [0.717, 1.165) is 6.07 Å². The highest BCUT2D eigenvalue weighted by Crippen LogP contribution is 2.34. The SMILES string of the molecule is CC(=O)N1CCOc2ccc(NS(=O)(=O)c3ccc(F)c(C)c3)cc21. The van der Waals surface area contributed by atoms with Gasteiger partial charge in [-0.15, -0.1) is 0 Å². The van der Waals surface area contributed by atoms with Crippen molar-refractivity contribution in [2.24, 2.45) is 0 Å². The van der Waals surface area contributed by atoms with Crippen LogP contribution in [0.2, 0.25) is 0 Å². The van der Waals surface area contributed by atoms with Crippen LogP contribution in [-0.2, 0) is 14.8 Å². The maximum absolute atomic E-state index is 13.4. The third kappa shape index (κ3) is 3.43. The van der Waals surface area contributed by atoms with E-state index in [1.54, 1.807) is 18.2 Å². The van der Waals surface area contributed by atoms with Gasteiger partial charge < -0.3 is 9.64 Å². The topological polar surface area (TPSA) is 75.7 Å². The number of sulfonamides is 1. The van der Waals surface area contributed by atoms with E-state index in [4.69, 9.17) is 4.74 Å². The zero-order valence-corrected chi connectivity index (χ0v) is 14.6. The van der Waals surface area contributed by atoms with Gasteiger partial charge in [0, 0.05) is 6.92 Å². The van der Waals surface area contributed by atoms with Crippen molar-refractivity contribution < 1.29 is 22.3 Å².